The molecule has 0 N–H and O–H groups in total. The molecular weight excluding hydrogens is 262 g/mol. The Hall–Kier alpha value is -1.01. The van der Waals surface area contributed by atoms with E-state index in [-0.39, 0.29) is 30.3 Å². The maximum atomic E-state index is 12.6. The van der Waals surface area contributed by atoms with Gasteiger partial charge in [0.2, 0.25) is 5.92 Å². The fourth-order valence-electron chi connectivity index (χ4n) is 1.86. The van der Waals surface area contributed by atoms with Crippen LogP contribution in [0, 0.1) is 12.8 Å². The van der Waals surface area contributed by atoms with Crippen LogP contribution in [0.1, 0.15) is 18.4 Å². The molecule has 1 aliphatic rings. The highest BCUT2D eigenvalue weighted by Gasteiger charge is 2.45. The molecule has 0 spiro atoms. The topological polar surface area (TPSA) is 43.4 Å². The molecule has 1 fully saturated rings. The number of aryl methyl sites for hydroxylation is 1. The van der Waals surface area contributed by atoms with Crippen molar-refractivity contribution in [3.8, 4) is 0 Å². The number of benzene rings is 1. The monoisotopic (exact) mass is 276 g/mol. The van der Waals surface area contributed by atoms with Crippen molar-refractivity contribution < 1.29 is 21.4 Å². The van der Waals surface area contributed by atoms with Crippen molar-refractivity contribution in [1.82, 2.24) is 0 Å². The number of halogens is 2. The predicted octanol–water partition coefficient (Wildman–Crippen LogP) is 2.75. The summed E-state index contributed by atoms with van der Waals surface area (Å²) in [6.07, 6.45) is -0.590. The molecule has 3 nitrogen and oxygen atoms in total. The summed E-state index contributed by atoms with van der Waals surface area (Å²) in [7, 11) is -3.83. The highest BCUT2D eigenvalue weighted by molar-refractivity contribution is 7.86. The van der Waals surface area contributed by atoms with Gasteiger partial charge in [-0.15, -0.1) is 0 Å². The summed E-state index contributed by atoms with van der Waals surface area (Å²) in [6.45, 7) is 1.67. The van der Waals surface area contributed by atoms with E-state index in [1.807, 2.05) is 6.92 Å². The first kappa shape index (κ1) is 13.4. The van der Waals surface area contributed by atoms with Crippen molar-refractivity contribution >= 4 is 10.1 Å². The van der Waals surface area contributed by atoms with Gasteiger partial charge in [-0.05, 0) is 25.0 Å². The minimum atomic E-state index is -3.83. The van der Waals surface area contributed by atoms with Crippen LogP contribution in [0.5, 0.6) is 0 Å². The van der Waals surface area contributed by atoms with E-state index < -0.39 is 16.0 Å². The Kier molecular flexibility index (Phi) is 3.42. The molecule has 0 heterocycles. The summed E-state index contributed by atoms with van der Waals surface area (Å²) in [6, 6.07) is 6.21. The summed E-state index contributed by atoms with van der Waals surface area (Å²) in [5.41, 5.74) is 0.938. The lowest BCUT2D eigenvalue weighted by Gasteiger charge is -2.34. The molecule has 0 atom stereocenters. The van der Waals surface area contributed by atoms with Crippen LogP contribution in [0.15, 0.2) is 29.2 Å². The molecule has 0 bridgehead atoms. The molecule has 6 heteroatoms. The zero-order valence-corrected chi connectivity index (χ0v) is 10.7. The lowest BCUT2D eigenvalue weighted by atomic mass is 9.82. The van der Waals surface area contributed by atoms with E-state index >= 15 is 0 Å². The first-order valence-electron chi connectivity index (χ1n) is 5.62. The quantitative estimate of drug-likeness (QED) is 0.794. The van der Waals surface area contributed by atoms with Gasteiger partial charge in [0.15, 0.2) is 0 Å². The van der Waals surface area contributed by atoms with E-state index in [0.717, 1.165) is 5.56 Å². The third-order valence-corrected chi connectivity index (χ3v) is 4.24. The SMILES string of the molecule is Cc1ccc(S(=O)(=O)OCC2CC(F)(F)C2)cc1. The van der Waals surface area contributed by atoms with Crippen molar-refractivity contribution in [2.24, 2.45) is 5.92 Å². The number of alkyl halides is 2. The number of hydrogen-bond donors (Lipinski definition) is 0. The van der Waals surface area contributed by atoms with Crippen LogP contribution in [0.4, 0.5) is 8.78 Å². The summed E-state index contributed by atoms with van der Waals surface area (Å²) in [5, 5.41) is 0. The molecule has 1 aliphatic carbocycles. The third kappa shape index (κ3) is 3.05. The smallest absolute Gasteiger partial charge is 0.266 e. The van der Waals surface area contributed by atoms with E-state index in [9.17, 15) is 17.2 Å². The van der Waals surface area contributed by atoms with Crippen molar-refractivity contribution in [3.63, 3.8) is 0 Å². The molecule has 0 aromatic heterocycles. The molecule has 100 valence electrons. The Morgan fingerprint density at radius 1 is 1.28 bits per heavy atom. The Balaban J connectivity index is 1.94. The van der Waals surface area contributed by atoms with E-state index in [1.165, 1.54) is 12.1 Å². The van der Waals surface area contributed by atoms with E-state index in [0.29, 0.717) is 0 Å². The van der Waals surface area contributed by atoms with Gasteiger partial charge in [0.1, 0.15) is 0 Å². The van der Waals surface area contributed by atoms with Crippen LogP contribution < -0.4 is 0 Å². The predicted molar refractivity (Wildman–Crippen MR) is 62.0 cm³/mol. The summed E-state index contributed by atoms with van der Waals surface area (Å²) in [4.78, 5) is 0.0548. The second-order valence-corrected chi connectivity index (χ2v) is 6.30. The van der Waals surface area contributed by atoms with Gasteiger partial charge < -0.3 is 0 Å². The van der Waals surface area contributed by atoms with Crippen LogP contribution in [0.25, 0.3) is 0 Å². The molecule has 0 unspecified atom stereocenters. The number of rotatable bonds is 4. The molecule has 1 saturated carbocycles. The average molecular weight is 276 g/mol. The summed E-state index contributed by atoms with van der Waals surface area (Å²) < 4.78 is 53.4. The lowest BCUT2D eigenvalue weighted by molar-refractivity contribution is -0.118. The molecule has 18 heavy (non-hydrogen) atoms. The fourth-order valence-corrected chi connectivity index (χ4v) is 2.84. The van der Waals surface area contributed by atoms with Gasteiger partial charge in [-0.1, -0.05) is 17.7 Å². The van der Waals surface area contributed by atoms with Crippen molar-refractivity contribution in [2.75, 3.05) is 6.61 Å². The van der Waals surface area contributed by atoms with Gasteiger partial charge in [-0.2, -0.15) is 8.42 Å². The minimum Gasteiger partial charge on any atom is -0.266 e. The second kappa shape index (κ2) is 4.59. The molecule has 0 amide bonds. The molecule has 0 aliphatic heterocycles. The molecule has 1 aromatic carbocycles. The van der Waals surface area contributed by atoms with E-state index in [4.69, 9.17) is 4.18 Å². The van der Waals surface area contributed by atoms with Crippen LogP contribution >= 0.6 is 0 Å². The van der Waals surface area contributed by atoms with Crippen LogP contribution in [-0.2, 0) is 14.3 Å². The summed E-state index contributed by atoms with van der Waals surface area (Å²) in [5.74, 6) is -3.03. The number of hydrogen-bond acceptors (Lipinski definition) is 3. The minimum absolute atomic E-state index is 0.0548. The molecular formula is C12H14F2O3S. The van der Waals surface area contributed by atoms with Gasteiger partial charge in [-0.3, -0.25) is 4.18 Å². The van der Waals surface area contributed by atoms with Gasteiger partial charge in [0.05, 0.1) is 11.5 Å². The average Bonchev–Trinajstić information content (AvgIpc) is 2.24. The van der Waals surface area contributed by atoms with Gasteiger partial charge >= 0.3 is 0 Å². The van der Waals surface area contributed by atoms with Crippen LogP contribution in [0.2, 0.25) is 0 Å². The first-order chi connectivity index (χ1) is 8.28. The van der Waals surface area contributed by atoms with Gasteiger partial charge in [-0.25, -0.2) is 8.78 Å². The largest absolute Gasteiger partial charge is 0.296 e. The highest BCUT2D eigenvalue weighted by Crippen LogP contribution is 2.42. The fraction of sp³-hybridized carbons (Fsp3) is 0.500. The third-order valence-electron chi connectivity index (χ3n) is 2.94. The van der Waals surface area contributed by atoms with E-state index in [1.54, 1.807) is 12.1 Å². The Bertz CT molecular complexity index is 515. The Morgan fingerprint density at radius 3 is 2.33 bits per heavy atom. The molecule has 2 rings (SSSR count). The van der Waals surface area contributed by atoms with Crippen molar-refractivity contribution in [2.45, 2.75) is 30.6 Å². The molecule has 1 aromatic rings. The zero-order chi connectivity index (χ0) is 13.4. The van der Waals surface area contributed by atoms with Crippen molar-refractivity contribution in [1.29, 1.82) is 0 Å². The maximum absolute atomic E-state index is 12.6. The standard InChI is InChI=1S/C12H14F2O3S/c1-9-2-4-11(5-3-9)18(15,16)17-8-10-6-12(13,14)7-10/h2-5,10H,6-8H2,1H3. The Labute approximate surface area is 105 Å². The van der Waals surface area contributed by atoms with Gasteiger partial charge in [0, 0.05) is 12.8 Å². The first-order valence-corrected chi connectivity index (χ1v) is 7.03. The lowest BCUT2D eigenvalue weighted by Crippen LogP contribution is -2.38. The van der Waals surface area contributed by atoms with E-state index in [2.05, 4.69) is 0 Å². The normalized spacial score (nSPS) is 19.5. The van der Waals surface area contributed by atoms with Crippen LogP contribution in [-0.4, -0.2) is 20.9 Å². The zero-order valence-electron chi connectivity index (χ0n) is 9.90. The van der Waals surface area contributed by atoms with Crippen molar-refractivity contribution in [3.05, 3.63) is 29.8 Å². The molecule has 0 saturated heterocycles. The van der Waals surface area contributed by atoms with Gasteiger partial charge in [0.25, 0.3) is 10.1 Å². The maximum Gasteiger partial charge on any atom is 0.296 e. The molecule has 0 radical (unpaired) electrons. The Morgan fingerprint density at radius 2 is 1.83 bits per heavy atom. The second-order valence-electron chi connectivity index (χ2n) is 4.68. The van der Waals surface area contributed by atoms with Crippen LogP contribution in [0.3, 0.4) is 0 Å². The summed E-state index contributed by atoms with van der Waals surface area (Å²) >= 11 is 0. The highest BCUT2D eigenvalue weighted by atomic mass is 32.2.